The van der Waals surface area contributed by atoms with Crippen molar-refractivity contribution in [3.05, 3.63) is 35.4 Å². The van der Waals surface area contributed by atoms with E-state index in [1.165, 1.54) is 11.1 Å². The molecule has 15 heavy (non-hydrogen) atoms. The number of hydrogen-bond acceptors (Lipinski definition) is 2. The van der Waals surface area contributed by atoms with Crippen LogP contribution in [0.4, 0.5) is 0 Å². The average Bonchev–Trinajstić information content (AvgIpc) is 2.18. The highest BCUT2D eigenvalue weighted by Gasteiger charge is 2.00. The summed E-state index contributed by atoms with van der Waals surface area (Å²) >= 11 is 1.90. The first-order valence-corrected chi connectivity index (χ1v) is 6.67. The Morgan fingerprint density at radius 1 is 1.13 bits per heavy atom. The minimum Gasteiger partial charge on any atom is -0.327 e. The molecular formula is C13H21NS. The topological polar surface area (TPSA) is 26.0 Å². The van der Waals surface area contributed by atoms with E-state index in [0.717, 1.165) is 11.5 Å². The number of nitrogens with two attached hydrogens (primary N) is 1. The van der Waals surface area contributed by atoms with Gasteiger partial charge in [-0.15, -0.1) is 0 Å². The highest BCUT2D eigenvalue weighted by Crippen LogP contribution is 2.17. The van der Waals surface area contributed by atoms with Gasteiger partial charge in [0.2, 0.25) is 0 Å². The number of thioether (sulfide) groups is 1. The van der Waals surface area contributed by atoms with Crippen LogP contribution in [0.5, 0.6) is 0 Å². The minimum atomic E-state index is 0.296. The summed E-state index contributed by atoms with van der Waals surface area (Å²) in [4.78, 5) is 0. The zero-order chi connectivity index (χ0) is 11.3. The third-order valence-corrected chi connectivity index (χ3v) is 3.59. The summed E-state index contributed by atoms with van der Waals surface area (Å²) in [6.07, 6.45) is 0. The first kappa shape index (κ1) is 12.6. The van der Waals surface area contributed by atoms with E-state index < -0.39 is 0 Å². The predicted molar refractivity (Wildman–Crippen MR) is 70.3 cm³/mol. The van der Waals surface area contributed by atoms with E-state index in [9.17, 15) is 0 Å². The van der Waals surface area contributed by atoms with Gasteiger partial charge in [-0.3, -0.25) is 0 Å². The Labute approximate surface area is 97.4 Å². The Bertz CT molecular complexity index is 277. The van der Waals surface area contributed by atoms with Crippen molar-refractivity contribution in [2.75, 3.05) is 5.75 Å². The molecule has 0 heterocycles. The van der Waals surface area contributed by atoms with Gasteiger partial charge in [0.1, 0.15) is 0 Å². The number of hydrogen-bond donors (Lipinski definition) is 1. The van der Waals surface area contributed by atoms with Crippen LogP contribution in [0.3, 0.4) is 0 Å². The molecule has 1 rings (SSSR count). The van der Waals surface area contributed by atoms with Crippen molar-refractivity contribution in [2.24, 2.45) is 5.73 Å². The van der Waals surface area contributed by atoms with Crippen LogP contribution in [0.25, 0.3) is 0 Å². The summed E-state index contributed by atoms with van der Waals surface area (Å²) in [6.45, 7) is 6.49. The molecule has 0 aromatic heterocycles. The Kier molecular flexibility index (Phi) is 5.20. The lowest BCUT2D eigenvalue weighted by Gasteiger charge is -2.07. The second-order valence-electron chi connectivity index (χ2n) is 4.39. The maximum Gasteiger partial charge on any atom is 0.0185 e. The smallest absolute Gasteiger partial charge is 0.0185 e. The fourth-order valence-corrected chi connectivity index (χ4v) is 2.28. The van der Waals surface area contributed by atoms with Crippen molar-refractivity contribution in [3.8, 4) is 0 Å². The summed E-state index contributed by atoms with van der Waals surface area (Å²) < 4.78 is 0. The molecule has 0 bridgehead atoms. The Morgan fingerprint density at radius 3 is 2.20 bits per heavy atom. The molecule has 0 spiro atoms. The van der Waals surface area contributed by atoms with E-state index in [2.05, 4.69) is 45.0 Å². The third kappa shape index (κ3) is 4.72. The molecule has 0 saturated carbocycles. The highest BCUT2D eigenvalue weighted by molar-refractivity contribution is 7.98. The molecule has 1 aromatic rings. The second-order valence-corrected chi connectivity index (χ2v) is 5.42. The van der Waals surface area contributed by atoms with Crippen molar-refractivity contribution in [2.45, 2.75) is 38.5 Å². The Morgan fingerprint density at radius 2 is 1.73 bits per heavy atom. The molecule has 1 unspecified atom stereocenters. The minimum absolute atomic E-state index is 0.296. The molecule has 1 aromatic carbocycles. The van der Waals surface area contributed by atoms with Crippen LogP contribution in [0, 0.1) is 0 Å². The maximum absolute atomic E-state index is 5.70. The van der Waals surface area contributed by atoms with E-state index in [-0.39, 0.29) is 0 Å². The van der Waals surface area contributed by atoms with Gasteiger partial charge in [-0.1, -0.05) is 38.1 Å². The molecule has 84 valence electrons. The lowest BCUT2D eigenvalue weighted by Crippen LogP contribution is -2.17. The summed E-state index contributed by atoms with van der Waals surface area (Å²) in [6, 6.07) is 9.20. The predicted octanol–water partition coefficient (Wildman–Crippen LogP) is 3.39. The van der Waals surface area contributed by atoms with E-state index >= 15 is 0 Å². The van der Waals surface area contributed by atoms with Crippen molar-refractivity contribution in [1.29, 1.82) is 0 Å². The fraction of sp³-hybridized carbons (Fsp3) is 0.538. The lowest BCUT2D eigenvalue weighted by molar-refractivity contribution is 0.847. The molecular weight excluding hydrogens is 202 g/mol. The van der Waals surface area contributed by atoms with Crippen LogP contribution in [-0.2, 0) is 5.75 Å². The average molecular weight is 223 g/mol. The van der Waals surface area contributed by atoms with Gasteiger partial charge >= 0.3 is 0 Å². The standard InChI is InChI=1S/C13H21NS/c1-10(2)13-6-4-12(5-7-13)9-15-8-11(3)14/h4-7,10-11H,8-9,14H2,1-3H3. The van der Waals surface area contributed by atoms with Crippen LogP contribution in [0.1, 0.15) is 37.8 Å². The fourth-order valence-electron chi connectivity index (χ4n) is 1.36. The van der Waals surface area contributed by atoms with Crippen molar-refractivity contribution >= 4 is 11.8 Å². The van der Waals surface area contributed by atoms with Crippen molar-refractivity contribution < 1.29 is 0 Å². The zero-order valence-corrected chi connectivity index (χ0v) is 10.7. The number of benzene rings is 1. The first-order chi connectivity index (χ1) is 7.09. The first-order valence-electron chi connectivity index (χ1n) is 5.51. The largest absolute Gasteiger partial charge is 0.327 e. The second kappa shape index (κ2) is 6.19. The van der Waals surface area contributed by atoms with Crippen molar-refractivity contribution in [3.63, 3.8) is 0 Å². The summed E-state index contributed by atoms with van der Waals surface area (Å²) in [5, 5.41) is 0. The third-order valence-electron chi connectivity index (χ3n) is 2.30. The maximum atomic E-state index is 5.70. The van der Waals surface area contributed by atoms with E-state index in [1.807, 2.05) is 11.8 Å². The van der Waals surface area contributed by atoms with Crippen LogP contribution < -0.4 is 5.73 Å². The van der Waals surface area contributed by atoms with Gasteiger partial charge in [-0.25, -0.2) is 0 Å². The summed E-state index contributed by atoms with van der Waals surface area (Å²) in [7, 11) is 0. The quantitative estimate of drug-likeness (QED) is 0.828. The van der Waals surface area contributed by atoms with E-state index in [1.54, 1.807) is 0 Å². The van der Waals surface area contributed by atoms with E-state index in [4.69, 9.17) is 5.73 Å². The molecule has 1 atom stereocenters. The molecule has 0 saturated heterocycles. The molecule has 0 aliphatic carbocycles. The van der Waals surface area contributed by atoms with Crippen LogP contribution in [-0.4, -0.2) is 11.8 Å². The monoisotopic (exact) mass is 223 g/mol. The Balaban J connectivity index is 2.43. The normalized spacial score (nSPS) is 13.1. The SMILES string of the molecule is CC(N)CSCc1ccc(C(C)C)cc1. The molecule has 1 nitrogen and oxygen atoms in total. The van der Waals surface area contributed by atoms with Gasteiger partial charge in [0.05, 0.1) is 0 Å². The van der Waals surface area contributed by atoms with Crippen LogP contribution >= 0.6 is 11.8 Å². The van der Waals surface area contributed by atoms with Gasteiger partial charge < -0.3 is 5.73 Å². The molecule has 0 aliphatic heterocycles. The zero-order valence-electron chi connectivity index (χ0n) is 9.86. The highest BCUT2D eigenvalue weighted by atomic mass is 32.2. The number of rotatable bonds is 5. The van der Waals surface area contributed by atoms with Gasteiger partial charge in [-0.05, 0) is 24.0 Å². The van der Waals surface area contributed by atoms with Gasteiger partial charge in [0.25, 0.3) is 0 Å². The molecule has 0 fully saturated rings. The molecule has 0 amide bonds. The molecule has 0 radical (unpaired) electrons. The molecule has 2 heteroatoms. The molecule has 0 aliphatic rings. The van der Waals surface area contributed by atoms with Gasteiger partial charge in [0, 0.05) is 17.5 Å². The van der Waals surface area contributed by atoms with Gasteiger partial charge in [0.15, 0.2) is 0 Å². The van der Waals surface area contributed by atoms with Crippen molar-refractivity contribution in [1.82, 2.24) is 0 Å². The Hall–Kier alpha value is -0.470. The van der Waals surface area contributed by atoms with Crippen LogP contribution in [0.15, 0.2) is 24.3 Å². The summed E-state index contributed by atoms with van der Waals surface area (Å²) in [5.74, 6) is 2.72. The van der Waals surface area contributed by atoms with Crippen LogP contribution in [0.2, 0.25) is 0 Å². The summed E-state index contributed by atoms with van der Waals surface area (Å²) in [5.41, 5.74) is 8.51. The lowest BCUT2D eigenvalue weighted by atomic mass is 10.0. The van der Waals surface area contributed by atoms with Gasteiger partial charge in [-0.2, -0.15) is 11.8 Å². The molecule has 2 N–H and O–H groups in total. The van der Waals surface area contributed by atoms with E-state index in [0.29, 0.717) is 12.0 Å².